The van der Waals surface area contributed by atoms with Gasteiger partial charge < -0.3 is 10.1 Å². The molecule has 0 aliphatic heterocycles. The van der Waals surface area contributed by atoms with E-state index in [1.54, 1.807) is 0 Å². The zero-order valence-corrected chi connectivity index (χ0v) is 14.2. The third-order valence-electron chi connectivity index (χ3n) is 3.17. The fraction of sp³-hybridized carbons (Fsp3) is 0.438. The molecule has 1 heterocycles. The summed E-state index contributed by atoms with van der Waals surface area (Å²) in [5, 5.41) is 7.58. The molecule has 0 fully saturated rings. The monoisotopic (exact) mass is 351 g/mol. The number of hydrogen-bond acceptors (Lipinski definition) is 3. The number of rotatable bonds is 8. The first-order chi connectivity index (χ1) is 10.2. The number of halogens is 1. The van der Waals surface area contributed by atoms with Crippen LogP contribution in [0, 0.1) is 0 Å². The van der Waals surface area contributed by atoms with Gasteiger partial charge in [-0.2, -0.15) is 5.10 Å². The third kappa shape index (κ3) is 5.17. The van der Waals surface area contributed by atoms with Crippen molar-refractivity contribution in [1.29, 1.82) is 0 Å². The number of benzene rings is 1. The highest BCUT2D eigenvalue weighted by atomic mass is 79.9. The summed E-state index contributed by atoms with van der Waals surface area (Å²) in [6.07, 6.45) is 5.90. The first kappa shape index (κ1) is 16.0. The van der Waals surface area contributed by atoms with Gasteiger partial charge in [0, 0.05) is 36.2 Å². The van der Waals surface area contributed by atoms with Gasteiger partial charge >= 0.3 is 0 Å². The molecule has 4 nitrogen and oxygen atoms in total. The predicted octanol–water partition coefficient (Wildman–Crippen LogP) is 3.30. The molecule has 0 unspecified atom stereocenters. The summed E-state index contributed by atoms with van der Waals surface area (Å²) in [6, 6.07) is 6.15. The molecule has 0 aliphatic carbocycles. The van der Waals surface area contributed by atoms with Crippen molar-refractivity contribution in [2.75, 3.05) is 13.2 Å². The van der Waals surface area contributed by atoms with Gasteiger partial charge in [-0.1, -0.05) is 22.9 Å². The zero-order chi connectivity index (χ0) is 15.1. The average molecular weight is 352 g/mol. The largest absolute Gasteiger partial charge is 0.493 e. The molecule has 0 saturated heterocycles. The van der Waals surface area contributed by atoms with Crippen LogP contribution in [0.3, 0.4) is 0 Å². The van der Waals surface area contributed by atoms with E-state index in [4.69, 9.17) is 4.74 Å². The number of nitrogens with zero attached hydrogens (tertiary/aromatic N) is 2. The Bertz CT molecular complexity index is 568. The molecule has 0 spiro atoms. The number of aryl methyl sites for hydroxylation is 1. The second-order valence-electron chi connectivity index (χ2n) is 5.05. The van der Waals surface area contributed by atoms with E-state index in [9.17, 15) is 0 Å². The Morgan fingerprint density at radius 2 is 2.24 bits per heavy atom. The van der Waals surface area contributed by atoms with E-state index in [1.165, 1.54) is 11.1 Å². The quantitative estimate of drug-likeness (QED) is 0.741. The maximum atomic E-state index is 5.94. The molecule has 0 saturated carbocycles. The molecule has 0 amide bonds. The van der Waals surface area contributed by atoms with Crippen LogP contribution in [0.4, 0.5) is 0 Å². The van der Waals surface area contributed by atoms with Crippen LogP contribution in [0.15, 0.2) is 35.1 Å². The lowest BCUT2D eigenvalue weighted by molar-refractivity contribution is 0.317. The van der Waals surface area contributed by atoms with E-state index in [-0.39, 0.29) is 0 Å². The maximum absolute atomic E-state index is 5.94. The molecule has 5 heteroatoms. The van der Waals surface area contributed by atoms with Gasteiger partial charge in [-0.05, 0) is 36.7 Å². The number of ether oxygens (including phenoxy) is 1. The molecule has 21 heavy (non-hydrogen) atoms. The normalized spacial score (nSPS) is 10.8. The van der Waals surface area contributed by atoms with Gasteiger partial charge in [0.15, 0.2) is 0 Å². The van der Waals surface area contributed by atoms with Crippen molar-refractivity contribution in [3.05, 3.63) is 46.2 Å². The second kappa shape index (κ2) is 8.20. The molecule has 2 aromatic rings. The van der Waals surface area contributed by atoms with E-state index < -0.39 is 0 Å². The summed E-state index contributed by atoms with van der Waals surface area (Å²) in [5.41, 5.74) is 2.38. The van der Waals surface area contributed by atoms with Gasteiger partial charge in [0.1, 0.15) is 5.75 Å². The van der Waals surface area contributed by atoms with Crippen LogP contribution in [-0.2, 0) is 20.0 Å². The summed E-state index contributed by atoms with van der Waals surface area (Å²) < 4.78 is 8.83. The van der Waals surface area contributed by atoms with Crippen LogP contribution >= 0.6 is 15.9 Å². The summed E-state index contributed by atoms with van der Waals surface area (Å²) in [4.78, 5) is 0. The van der Waals surface area contributed by atoms with Gasteiger partial charge in [-0.15, -0.1) is 0 Å². The van der Waals surface area contributed by atoms with Crippen molar-refractivity contribution < 1.29 is 4.74 Å². The molecule has 0 radical (unpaired) electrons. The van der Waals surface area contributed by atoms with E-state index in [2.05, 4.69) is 39.3 Å². The van der Waals surface area contributed by atoms with Crippen molar-refractivity contribution in [2.24, 2.45) is 7.05 Å². The maximum Gasteiger partial charge on any atom is 0.123 e. The lowest BCUT2D eigenvalue weighted by Crippen LogP contribution is -2.15. The summed E-state index contributed by atoms with van der Waals surface area (Å²) in [5.74, 6) is 0.950. The minimum absolute atomic E-state index is 0.661. The van der Waals surface area contributed by atoms with Crippen LogP contribution in [0.1, 0.15) is 24.5 Å². The molecule has 2 rings (SSSR count). The van der Waals surface area contributed by atoms with Crippen molar-refractivity contribution in [1.82, 2.24) is 15.1 Å². The molecule has 1 N–H and O–H groups in total. The van der Waals surface area contributed by atoms with Crippen LogP contribution in [0.25, 0.3) is 0 Å². The minimum Gasteiger partial charge on any atom is -0.493 e. The van der Waals surface area contributed by atoms with Gasteiger partial charge in [0.2, 0.25) is 0 Å². The molecule has 114 valence electrons. The number of nitrogens with one attached hydrogen (secondary N) is 1. The summed E-state index contributed by atoms with van der Waals surface area (Å²) >= 11 is 3.52. The second-order valence-corrected chi connectivity index (χ2v) is 5.97. The Morgan fingerprint density at radius 1 is 1.38 bits per heavy atom. The standard InChI is InChI=1S/C16H22BrN3O/c1-3-7-18-11-14-9-15(17)4-5-16(14)21-8-6-13-10-19-20(2)12-13/h4-5,9-10,12,18H,3,6-8,11H2,1-2H3. The zero-order valence-electron chi connectivity index (χ0n) is 12.6. The molecule has 0 bridgehead atoms. The SMILES string of the molecule is CCCNCc1cc(Br)ccc1OCCc1cnn(C)c1. The molecule has 0 atom stereocenters. The van der Waals surface area contributed by atoms with E-state index in [0.29, 0.717) is 6.61 Å². The average Bonchev–Trinajstić information content (AvgIpc) is 2.87. The van der Waals surface area contributed by atoms with Crippen molar-refractivity contribution >= 4 is 15.9 Å². The minimum atomic E-state index is 0.661. The van der Waals surface area contributed by atoms with Gasteiger partial charge in [0.05, 0.1) is 12.8 Å². The Hall–Kier alpha value is -1.33. The topological polar surface area (TPSA) is 39.1 Å². The van der Waals surface area contributed by atoms with Crippen LogP contribution in [0.5, 0.6) is 5.75 Å². The van der Waals surface area contributed by atoms with Gasteiger partial charge in [-0.3, -0.25) is 4.68 Å². The molecular weight excluding hydrogens is 330 g/mol. The van der Waals surface area contributed by atoms with Crippen molar-refractivity contribution in [3.63, 3.8) is 0 Å². The van der Waals surface area contributed by atoms with E-state index in [1.807, 2.05) is 36.3 Å². The third-order valence-corrected chi connectivity index (χ3v) is 3.66. The van der Waals surface area contributed by atoms with Crippen LogP contribution in [0.2, 0.25) is 0 Å². The van der Waals surface area contributed by atoms with Crippen molar-refractivity contribution in [2.45, 2.75) is 26.3 Å². The lowest BCUT2D eigenvalue weighted by atomic mass is 10.2. The molecule has 1 aromatic carbocycles. The Kier molecular flexibility index (Phi) is 6.26. The van der Waals surface area contributed by atoms with E-state index in [0.717, 1.165) is 36.2 Å². The Balaban J connectivity index is 1.91. The first-order valence-electron chi connectivity index (χ1n) is 7.28. The van der Waals surface area contributed by atoms with E-state index >= 15 is 0 Å². The highest BCUT2D eigenvalue weighted by Gasteiger charge is 2.05. The molecule has 0 aliphatic rings. The fourth-order valence-corrected chi connectivity index (χ4v) is 2.52. The van der Waals surface area contributed by atoms with Crippen LogP contribution in [-0.4, -0.2) is 22.9 Å². The summed E-state index contributed by atoms with van der Waals surface area (Å²) in [7, 11) is 1.93. The number of aromatic nitrogens is 2. The highest BCUT2D eigenvalue weighted by molar-refractivity contribution is 9.10. The molecule has 1 aromatic heterocycles. The van der Waals surface area contributed by atoms with Crippen LogP contribution < -0.4 is 10.1 Å². The predicted molar refractivity (Wildman–Crippen MR) is 88.5 cm³/mol. The number of hydrogen-bond donors (Lipinski definition) is 1. The fourth-order valence-electron chi connectivity index (χ4n) is 2.11. The molecular formula is C16H22BrN3O. The summed E-state index contributed by atoms with van der Waals surface area (Å²) in [6.45, 7) is 4.67. The van der Waals surface area contributed by atoms with Gasteiger partial charge in [0.25, 0.3) is 0 Å². The van der Waals surface area contributed by atoms with Crippen molar-refractivity contribution in [3.8, 4) is 5.75 Å². The first-order valence-corrected chi connectivity index (χ1v) is 8.08. The lowest BCUT2D eigenvalue weighted by Gasteiger charge is -2.12. The Labute approximate surface area is 134 Å². The smallest absolute Gasteiger partial charge is 0.123 e. The highest BCUT2D eigenvalue weighted by Crippen LogP contribution is 2.23. The Morgan fingerprint density at radius 3 is 2.95 bits per heavy atom. The van der Waals surface area contributed by atoms with Gasteiger partial charge in [-0.25, -0.2) is 0 Å².